The SMILES string of the molecule is CS(=O)(=O)OC[C@@H]1CCCN(Cc2ccccc2)C1. The first-order valence-corrected chi connectivity index (χ1v) is 8.45. The van der Waals surface area contributed by atoms with Gasteiger partial charge in [0.05, 0.1) is 12.9 Å². The Balaban J connectivity index is 1.84. The van der Waals surface area contributed by atoms with Gasteiger partial charge in [-0.25, -0.2) is 0 Å². The molecular formula is C14H21NO3S. The van der Waals surface area contributed by atoms with Crippen LogP contribution in [0.25, 0.3) is 0 Å². The molecule has 0 saturated carbocycles. The Morgan fingerprint density at radius 1 is 1.32 bits per heavy atom. The lowest BCUT2D eigenvalue weighted by molar-refractivity contribution is 0.128. The first-order valence-electron chi connectivity index (χ1n) is 6.63. The molecule has 1 atom stereocenters. The van der Waals surface area contributed by atoms with Crippen LogP contribution < -0.4 is 0 Å². The molecule has 1 fully saturated rings. The molecule has 1 aromatic carbocycles. The van der Waals surface area contributed by atoms with Crippen molar-refractivity contribution in [3.05, 3.63) is 35.9 Å². The van der Waals surface area contributed by atoms with Crippen molar-refractivity contribution in [2.45, 2.75) is 19.4 Å². The summed E-state index contributed by atoms with van der Waals surface area (Å²) >= 11 is 0. The molecule has 1 heterocycles. The largest absolute Gasteiger partial charge is 0.299 e. The van der Waals surface area contributed by atoms with Gasteiger partial charge >= 0.3 is 0 Å². The molecule has 1 saturated heterocycles. The average Bonchev–Trinajstić information content (AvgIpc) is 2.37. The van der Waals surface area contributed by atoms with Crippen molar-refractivity contribution in [1.29, 1.82) is 0 Å². The van der Waals surface area contributed by atoms with Crippen molar-refractivity contribution in [2.75, 3.05) is 26.0 Å². The zero-order valence-corrected chi connectivity index (χ0v) is 12.1. The number of piperidine rings is 1. The maximum atomic E-state index is 11.0. The minimum absolute atomic E-state index is 0.310. The van der Waals surface area contributed by atoms with Crippen molar-refractivity contribution in [2.24, 2.45) is 5.92 Å². The summed E-state index contributed by atoms with van der Waals surface area (Å²) < 4.78 is 26.9. The first kappa shape index (κ1) is 14.5. The normalized spacial score (nSPS) is 21.4. The molecule has 0 amide bonds. The minimum atomic E-state index is -3.32. The van der Waals surface area contributed by atoms with Crippen LogP contribution >= 0.6 is 0 Å². The van der Waals surface area contributed by atoms with E-state index in [9.17, 15) is 8.42 Å². The van der Waals surface area contributed by atoms with E-state index in [1.807, 2.05) is 18.2 Å². The van der Waals surface area contributed by atoms with Gasteiger partial charge in [-0.2, -0.15) is 8.42 Å². The van der Waals surface area contributed by atoms with E-state index in [1.54, 1.807) is 0 Å². The fourth-order valence-electron chi connectivity index (χ4n) is 2.49. The van der Waals surface area contributed by atoms with Gasteiger partial charge in [-0.15, -0.1) is 0 Å². The van der Waals surface area contributed by atoms with Crippen LogP contribution in [0.15, 0.2) is 30.3 Å². The fourth-order valence-corrected chi connectivity index (χ4v) is 2.93. The van der Waals surface area contributed by atoms with Crippen LogP contribution in [0.4, 0.5) is 0 Å². The van der Waals surface area contributed by atoms with Crippen LogP contribution in [0, 0.1) is 5.92 Å². The highest BCUT2D eigenvalue weighted by Gasteiger charge is 2.21. The molecule has 2 rings (SSSR count). The van der Waals surface area contributed by atoms with Crippen LogP contribution in [-0.4, -0.2) is 39.3 Å². The van der Waals surface area contributed by atoms with Crippen molar-refractivity contribution >= 4 is 10.1 Å². The third-order valence-corrected chi connectivity index (χ3v) is 3.93. The van der Waals surface area contributed by atoms with E-state index in [1.165, 1.54) is 5.56 Å². The maximum Gasteiger partial charge on any atom is 0.264 e. The smallest absolute Gasteiger partial charge is 0.264 e. The predicted octanol–water partition coefficient (Wildman–Crippen LogP) is 1.87. The molecule has 4 nitrogen and oxygen atoms in total. The van der Waals surface area contributed by atoms with E-state index >= 15 is 0 Å². The Kier molecular flexibility index (Phi) is 4.96. The molecule has 0 N–H and O–H groups in total. The van der Waals surface area contributed by atoms with Crippen LogP contribution in [0.3, 0.4) is 0 Å². The highest BCUT2D eigenvalue weighted by atomic mass is 32.2. The quantitative estimate of drug-likeness (QED) is 0.774. The molecule has 106 valence electrons. The molecule has 1 aromatic rings. The lowest BCUT2D eigenvalue weighted by Gasteiger charge is -2.32. The zero-order chi connectivity index (χ0) is 13.7. The van der Waals surface area contributed by atoms with Crippen molar-refractivity contribution in [3.8, 4) is 0 Å². The molecule has 0 radical (unpaired) electrons. The van der Waals surface area contributed by atoms with Gasteiger partial charge in [-0.3, -0.25) is 9.08 Å². The Labute approximate surface area is 115 Å². The summed E-state index contributed by atoms with van der Waals surface area (Å²) in [5, 5.41) is 0. The molecular weight excluding hydrogens is 262 g/mol. The van der Waals surface area contributed by atoms with Gasteiger partial charge in [0.1, 0.15) is 0 Å². The Bertz CT molecular complexity index is 487. The number of hydrogen-bond donors (Lipinski definition) is 0. The van der Waals surface area contributed by atoms with Gasteiger partial charge < -0.3 is 0 Å². The number of benzene rings is 1. The highest BCUT2D eigenvalue weighted by molar-refractivity contribution is 7.85. The van der Waals surface area contributed by atoms with Crippen LogP contribution in [-0.2, 0) is 20.8 Å². The lowest BCUT2D eigenvalue weighted by Crippen LogP contribution is -2.37. The van der Waals surface area contributed by atoms with Crippen molar-refractivity contribution in [3.63, 3.8) is 0 Å². The second-order valence-electron chi connectivity index (χ2n) is 5.22. The van der Waals surface area contributed by atoms with E-state index in [2.05, 4.69) is 17.0 Å². The molecule has 5 heteroatoms. The second-order valence-corrected chi connectivity index (χ2v) is 6.86. The Morgan fingerprint density at radius 3 is 2.74 bits per heavy atom. The molecule has 0 bridgehead atoms. The molecule has 0 unspecified atom stereocenters. The average molecular weight is 283 g/mol. The first-order chi connectivity index (χ1) is 9.03. The van der Waals surface area contributed by atoms with Gasteiger partial charge in [-0.1, -0.05) is 30.3 Å². The third-order valence-electron chi connectivity index (χ3n) is 3.37. The van der Waals surface area contributed by atoms with E-state index in [0.717, 1.165) is 38.7 Å². The molecule has 0 aromatic heterocycles. The molecule has 1 aliphatic heterocycles. The van der Waals surface area contributed by atoms with Crippen molar-refractivity contribution < 1.29 is 12.6 Å². The van der Waals surface area contributed by atoms with E-state index in [-0.39, 0.29) is 0 Å². The van der Waals surface area contributed by atoms with Crippen LogP contribution in [0.1, 0.15) is 18.4 Å². The van der Waals surface area contributed by atoms with Gasteiger partial charge in [0.2, 0.25) is 0 Å². The number of likely N-dealkylation sites (tertiary alicyclic amines) is 1. The van der Waals surface area contributed by atoms with Gasteiger partial charge in [-0.05, 0) is 30.9 Å². The number of rotatable bonds is 5. The van der Waals surface area contributed by atoms with E-state index < -0.39 is 10.1 Å². The summed E-state index contributed by atoms with van der Waals surface area (Å²) in [6.45, 7) is 3.22. The second kappa shape index (κ2) is 6.50. The predicted molar refractivity (Wildman–Crippen MR) is 75.2 cm³/mol. The van der Waals surface area contributed by atoms with Crippen LogP contribution in [0.5, 0.6) is 0 Å². The zero-order valence-electron chi connectivity index (χ0n) is 11.3. The van der Waals surface area contributed by atoms with Gasteiger partial charge in [0, 0.05) is 13.1 Å². The monoisotopic (exact) mass is 283 g/mol. The summed E-state index contributed by atoms with van der Waals surface area (Å²) in [5.41, 5.74) is 1.30. The molecule has 19 heavy (non-hydrogen) atoms. The Hall–Kier alpha value is -0.910. The minimum Gasteiger partial charge on any atom is -0.299 e. The summed E-state index contributed by atoms with van der Waals surface area (Å²) in [6, 6.07) is 10.3. The molecule has 1 aliphatic rings. The third kappa shape index (κ3) is 5.30. The summed E-state index contributed by atoms with van der Waals surface area (Å²) in [5.74, 6) is 0.312. The Morgan fingerprint density at radius 2 is 2.05 bits per heavy atom. The van der Waals surface area contributed by atoms with Gasteiger partial charge in [0.25, 0.3) is 10.1 Å². The highest BCUT2D eigenvalue weighted by Crippen LogP contribution is 2.19. The van der Waals surface area contributed by atoms with Crippen LogP contribution in [0.2, 0.25) is 0 Å². The lowest BCUT2D eigenvalue weighted by atomic mass is 9.98. The van der Waals surface area contributed by atoms with Gasteiger partial charge in [0.15, 0.2) is 0 Å². The summed E-state index contributed by atoms with van der Waals surface area (Å²) in [4.78, 5) is 2.37. The fraction of sp³-hybridized carbons (Fsp3) is 0.571. The number of nitrogens with zero attached hydrogens (tertiary/aromatic N) is 1. The molecule has 0 spiro atoms. The number of hydrogen-bond acceptors (Lipinski definition) is 4. The van der Waals surface area contributed by atoms with E-state index in [4.69, 9.17) is 4.18 Å². The topological polar surface area (TPSA) is 46.6 Å². The standard InChI is InChI=1S/C14H21NO3S/c1-19(16,17)18-12-14-8-5-9-15(11-14)10-13-6-3-2-4-7-13/h2-4,6-7,14H,5,8-12H2,1H3/t14-/m1/s1. The van der Waals surface area contributed by atoms with Crippen molar-refractivity contribution in [1.82, 2.24) is 4.90 Å². The summed E-state index contributed by atoms with van der Waals surface area (Å²) in [6.07, 6.45) is 3.25. The molecule has 0 aliphatic carbocycles. The van der Waals surface area contributed by atoms with E-state index in [0.29, 0.717) is 12.5 Å². The maximum absolute atomic E-state index is 11.0. The summed E-state index contributed by atoms with van der Waals surface area (Å²) in [7, 11) is -3.32.